The third-order valence-electron chi connectivity index (χ3n) is 7.53. The molecule has 174 valence electrons. The molecule has 2 fully saturated rings. The molecule has 0 aromatic heterocycles. The predicted octanol–water partition coefficient (Wildman–Crippen LogP) is 3.45. The number of likely N-dealkylation sites (tertiary alicyclic amines) is 1. The molecule has 5 atom stereocenters. The van der Waals surface area contributed by atoms with E-state index in [9.17, 15) is 19.2 Å². The van der Waals surface area contributed by atoms with E-state index in [0.29, 0.717) is 5.56 Å². The van der Waals surface area contributed by atoms with Gasteiger partial charge < -0.3 is 4.74 Å². The first-order valence-corrected chi connectivity index (χ1v) is 11.7. The second-order valence-corrected chi connectivity index (χ2v) is 9.58. The first-order chi connectivity index (χ1) is 16.3. The first kappa shape index (κ1) is 22.3. The second-order valence-electron chi connectivity index (χ2n) is 9.58. The van der Waals surface area contributed by atoms with E-state index >= 15 is 0 Å². The highest BCUT2D eigenvalue weighted by Gasteiger charge is 2.61. The van der Waals surface area contributed by atoms with Gasteiger partial charge in [-0.05, 0) is 54.9 Å². The lowest BCUT2D eigenvalue weighted by atomic mass is 9.85. The summed E-state index contributed by atoms with van der Waals surface area (Å²) in [6.07, 6.45) is 5.01. The van der Waals surface area contributed by atoms with E-state index in [1.165, 1.54) is 0 Å². The van der Waals surface area contributed by atoms with E-state index in [0.717, 1.165) is 28.0 Å². The number of rotatable bonds is 7. The molecule has 1 heterocycles. The summed E-state index contributed by atoms with van der Waals surface area (Å²) < 4.78 is 5.41. The average Bonchev–Trinajstić information content (AvgIpc) is 3.52. The monoisotopic (exact) mass is 457 g/mol. The lowest BCUT2D eigenvalue weighted by Crippen LogP contribution is -2.48. The minimum atomic E-state index is -1.10. The summed E-state index contributed by atoms with van der Waals surface area (Å²) in [5.74, 6) is -2.35. The van der Waals surface area contributed by atoms with Crippen molar-refractivity contribution >= 4 is 23.6 Å². The lowest BCUT2D eigenvalue weighted by molar-refractivity contribution is -0.158. The Bertz CT molecular complexity index is 1170. The van der Waals surface area contributed by atoms with Gasteiger partial charge in [0.2, 0.25) is 11.8 Å². The Morgan fingerprint density at radius 1 is 0.941 bits per heavy atom. The molecule has 6 nitrogen and oxygen atoms in total. The van der Waals surface area contributed by atoms with Gasteiger partial charge in [0, 0.05) is 12.0 Å². The van der Waals surface area contributed by atoms with Gasteiger partial charge in [0.15, 0.2) is 12.4 Å². The number of imide groups is 1. The minimum absolute atomic E-state index is 0.0520. The van der Waals surface area contributed by atoms with Gasteiger partial charge in [-0.15, -0.1) is 0 Å². The summed E-state index contributed by atoms with van der Waals surface area (Å²) in [5, 5.41) is 0. The molecular formula is C28H27NO5. The summed E-state index contributed by atoms with van der Waals surface area (Å²) in [7, 11) is 0. The number of esters is 1. The molecule has 2 aromatic carbocycles. The van der Waals surface area contributed by atoms with Crippen molar-refractivity contribution in [2.24, 2.45) is 23.7 Å². The van der Waals surface area contributed by atoms with Crippen molar-refractivity contribution in [3.8, 4) is 0 Å². The van der Waals surface area contributed by atoms with Crippen LogP contribution in [0.4, 0.5) is 0 Å². The van der Waals surface area contributed by atoms with Gasteiger partial charge in [-0.3, -0.25) is 19.3 Å². The molecule has 1 saturated carbocycles. The Balaban J connectivity index is 1.36. The number of Topliss-reactive ketones (excluding diaryl/α,β-unsaturated/α-hetero) is 1. The van der Waals surface area contributed by atoms with Crippen LogP contribution in [0, 0.1) is 37.5 Å². The van der Waals surface area contributed by atoms with Crippen LogP contribution in [0.1, 0.15) is 33.5 Å². The fraction of sp³-hybridized carbons (Fsp3) is 0.357. The molecule has 6 heteroatoms. The largest absolute Gasteiger partial charge is 0.456 e. The van der Waals surface area contributed by atoms with Gasteiger partial charge in [0.05, 0.1) is 11.8 Å². The molecule has 34 heavy (non-hydrogen) atoms. The zero-order chi connectivity index (χ0) is 24.0. The van der Waals surface area contributed by atoms with Gasteiger partial charge in [-0.2, -0.15) is 0 Å². The highest BCUT2D eigenvalue weighted by molar-refractivity contribution is 6.09. The third-order valence-corrected chi connectivity index (χ3v) is 7.53. The Hall–Kier alpha value is -3.54. The summed E-state index contributed by atoms with van der Waals surface area (Å²) in [5.41, 5.74) is 3.31. The SMILES string of the molecule is Cc1ccc(C(=O)COC(=O)[C@H](Cc2ccccc2)N2C(=O)[C@H]3[C@H](C2=O)[C@H]2C=C[C@H]3C2)cc1C. The zero-order valence-corrected chi connectivity index (χ0v) is 19.3. The van der Waals surface area contributed by atoms with Crippen molar-refractivity contribution in [3.05, 3.63) is 82.9 Å². The number of carbonyl (C=O) groups is 4. The molecule has 2 aliphatic carbocycles. The Labute approximate surface area is 198 Å². The molecule has 0 N–H and O–H groups in total. The van der Waals surface area contributed by atoms with Gasteiger partial charge in [-0.1, -0.05) is 54.6 Å². The number of nitrogens with zero attached hydrogens (tertiary/aromatic N) is 1. The number of ketones is 1. The van der Waals surface area contributed by atoms with Crippen LogP contribution in [0.3, 0.4) is 0 Å². The zero-order valence-electron chi connectivity index (χ0n) is 19.3. The Kier molecular flexibility index (Phi) is 5.68. The molecule has 5 rings (SSSR count). The number of benzene rings is 2. The minimum Gasteiger partial charge on any atom is -0.456 e. The predicted molar refractivity (Wildman–Crippen MR) is 125 cm³/mol. The number of ether oxygens (including phenoxy) is 1. The summed E-state index contributed by atoms with van der Waals surface area (Å²) in [6, 6.07) is 13.5. The first-order valence-electron chi connectivity index (χ1n) is 11.7. The van der Waals surface area contributed by atoms with Crippen LogP contribution in [0.2, 0.25) is 0 Å². The number of fused-ring (bicyclic) bond motifs is 5. The molecule has 2 bridgehead atoms. The van der Waals surface area contributed by atoms with E-state index in [1.807, 2.05) is 62.4 Å². The molecular weight excluding hydrogens is 430 g/mol. The van der Waals surface area contributed by atoms with Crippen LogP contribution in [0.15, 0.2) is 60.7 Å². The molecule has 2 aromatic rings. The fourth-order valence-electron chi connectivity index (χ4n) is 5.58. The van der Waals surface area contributed by atoms with Crippen molar-refractivity contribution in [2.75, 3.05) is 6.61 Å². The number of hydrogen-bond acceptors (Lipinski definition) is 5. The van der Waals surface area contributed by atoms with Gasteiger partial charge in [-0.25, -0.2) is 4.79 Å². The second kappa shape index (κ2) is 8.67. The average molecular weight is 458 g/mol. The van der Waals surface area contributed by atoms with E-state index in [-0.39, 0.29) is 35.9 Å². The maximum Gasteiger partial charge on any atom is 0.330 e. The summed E-state index contributed by atoms with van der Waals surface area (Å²) in [6.45, 7) is 3.43. The Morgan fingerprint density at radius 3 is 2.21 bits per heavy atom. The number of hydrogen-bond donors (Lipinski definition) is 0. The van der Waals surface area contributed by atoms with Crippen LogP contribution in [0.5, 0.6) is 0 Å². The molecule has 3 aliphatic rings. The van der Waals surface area contributed by atoms with Crippen LogP contribution in [-0.2, 0) is 25.5 Å². The molecule has 1 aliphatic heterocycles. The third kappa shape index (κ3) is 3.77. The van der Waals surface area contributed by atoms with E-state index in [1.54, 1.807) is 12.1 Å². The van der Waals surface area contributed by atoms with Crippen molar-refractivity contribution in [2.45, 2.75) is 32.7 Å². The topological polar surface area (TPSA) is 80.8 Å². The van der Waals surface area contributed by atoms with Crippen molar-refractivity contribution in [3.63, 3.8) is 0 Å². The number of carbonyl (C=O) groups excluding carboxylic acids is 4. The maximum atomic E-state index is 13.3. The molecule has 2 amide bonds. The lowest BCUT2D eigenvalue weighted by Gasteiger charge is -2.26. The van der Waals surface area contributed by atoms with Crippen LogP contribution in [0.25, 0.3) is 0 Å². The number of aryl methyl sites for hydroxylation is 2. The molecule has 1 saturated heterocycles. The summed E-state index contributed by atoms with van der Waals surface area (Å²) in [4.78, 5) is 53.7. The molecule has 0 spiro atoms. The van der Waals surface area contributed by atoms with Gasteiger partial charge in [0.25, 0.3) is 0 Å². The van der Waals surface area contributed by atoms with Crippen molar-refractivity contribution in [1.29, 1.82) is 0 Å². The van der Waals surface area contributed by atoms with Crippen molar-refractivity contribution in [1.82, 2.24) is 4.90 Å². The highest BCUT2D eigenvalue weighted by Crippen LogP contribution is 2.53. The normalized spacial score (nSPS) is 25.5. The molecule has 0 unspecified atom stereocenters. The quantitative estimate of drug-likeness (QED) is 0.275. The maximum absolute atomic E-state index is 13.3. The standard InChI is InChI=1S/C28H27NO5/c1-16-8-9-19(12-17(16)2)23(30)15-34-28(33)22(13-18-6-4-3-5-7-18)29-26(31)24-20-10-11-21(14-20)25(24)27(29)32/h3-12,20-22,24-25H,13-15H2,1-2H3/t20-,21-,22-,24+,25+/m0/s1. The summed E-state index contributed by atoms with van der Waals surface area (Å²) >= 11 is 0. The van der Waals surface area contributed by atoms with Crippen LogP contribution >= 0.6 is 0 Å². The van der Waals surface area contributed by atoms with E-state index in [4.69, 9.17) is 4.74 Å². The van der Waals surface area contributed by atoms with Crippen molar-refractivity contribution < 1.29 is 23.9 Å². The number of allylic oxidation sites excluding steroid dienone is 2. The van der Waals surface area contributed by atoms with Crippen LogP contribution < -0.4 is 0 Å². The fourth-order valence-corrected chi connectivity index (χ4v) is 5.58. The Morgan fingerprint density at radius 2 is 1.59 bits per heavy atom. The van der Waals surface area contributed by atoms with Crippen LogP contribution in [-0.4, -0.2) is 41.1 Å². The highest BCUT2D eigenvalue weighted by atomic mass is 16.5. The van der Waals surface area contributed by atoms with E-state index < -0.39 is 30.5 Å². The van der Waals surface area contributed by atoms with Gasteiger partial charge in [0.1, 0.15) is 6.04 Å². The molecule has 0 radical (unpaired) electrons. The number of amides is 2. The smallest absolute Gasteiger partial charge is 0.330 e. The van der Waals surface area contributed by atoms with Gasteiger partial charge >= 0.3 is 5.97 Å². The van der Waals surface area contributed by atoms with E-state index in [2.05, 4.69) is 0 Å².